The molecule has 24 heavy (non-hydrogen) atoms. The number of aromatic amines is 1. The van der Waals surface area contributed by atoms with E-state index in [-0.39, 0.29) is 11.8 Å². The lowest BCUT2D eigenvalue weighted by atomic mass is 9.98. The quantitative estimate of drug-likeness (QED) is 0.758. The summed E-state index contributed by atoms with van der Waals surface area (Å²) >= 11 is 0. The number of rotatable bonds is 5. The van der Waals surface area contributed by atoms with E-state index in [2.05, 4.69) is 32.6 Å². The molecule has 1 amide bonds. The van der Waals surface area contributed by atoms with Crippen LogP contribution in [0, 0.1) is 13.8 Å². The third-order valence-electron chi connectivity index (χ3n) is 4.37. The van der Waals surface area contributed by atoms with E-state index >= 15 is 0 Å². The molecule has 0 spiro atoms. The molecule has 0 saturated carbocycles. The number of hydrogen-bond donors (Lipinski definition) is 2. The SMILES string of the molecule is Cc1n[nH]c(C)c1C(C)C(=O)NCCc1cnc2ccccc2c1. The maximum Gasteiger partial charge on any atom is 0.227 e. The molecule has 0 bridgehead atoms. The third kappa shape index (κ3) is 3.30. The normalized spacial score (nSPS) is 12.3. The molecule has 0 radical (unpaired) electrons. The number of H-pyrrole nitrogens is 1. The van der Waals surface area contributed by atoms with Gasteiger partial charge in [-0.05, 0) is 44.9 Å². The van der Waals surface area contributed by atoms with E-state index < -0.39 is 0 Å². The van der Waals surface area contributed by atoms with E-state index in [1.54, 1.807) is 0 Å². The van der Waals surface area contributed by atoms with Gasteiger partial charge in [0.2, 0.25) is 5.91 Å². The minimum atomic E-state index is -0.210. The number of aryl methyl sites for hydroxylation is 2. The summed E-state index contributed by atoms with van der Waals surface area (Å²) in [5.41, 5.74) is 4.93. The largest absolute Gasteiger partial charge is 0.355 e. The number of benzene rings is 1. The summed E-state index contributed by atoms with van der Waals surface area (Å²) in [6, 6.07) is 10.2. The van der Waals surface area contributed by atoms with Gasteiger partial charge in [0.1, 0.15) is 0 Å². The second kappa shape index (κ2) is 6.83. The Morgan fingerprint density at radius 3 is 2.83 bits per heavy atom. The van der Waals surface area contributed by atoms with Crippen molar-refractivity contribution in [1.29, 1.82) is 0 Å². The van der Waals surface area contributed by atoms with Gasteiger partial charge in [0.05, 0.1) is 17.1 Å². The number of nitrogens with one attached hydrogen (secondary N) is 2. The van der Waals surface area contributed by atoms with Crippen LogP contribution in [0.5, 0.6) is 0 Å². The summed E-state index contributed by atoms with van der Waals surface area (Å²) in [5.74, 6) is -0.185. The molecule has 0 aliphatic carbocycles. The minimum Gasteiger partial charge on any atom is -0.355 e. The van der Waals surface area contributed by atoms with Crippen molar-refractivity contribution in [3.05, 3.63) is 59.0 Å². The Labute approximate surface area is 141 Å². The highest BCUT2D eigenvalue weighted by molar-refractivity contribution is 5.83. The van der Waals surface area contributed by atoms with Crippen molar-refractivity contribution >= 4 is 16.8 Å². The van der Waals surface area contributed by atoms with Gasteiger partial charge in [0.15, 0.2) is 0 Å². The van der Waals surface area contributed by atoms with E-state index in [1.165, 1.54) is 0 Å². The Bertz CT molecular complexity index is 849. The van der Waals surface area contributed by atoms with Crippen molar-refractivity contribution in [2.24, 2.45) is 0 Å². The Kier molecular flexibility index (Phi) is 4.60. The van der Waals surface area contributed by atoms with Gasteiger partial charge in [-0.15, -0.1) is 0 Å². The van der Waals surface area contributed by atoms with Crippen molar-refractivity contribution in [2.45, 2.75) is 33.1 Å². The molecule has 0 fully saturated rings. The first-order valence-electron chi connectivity index (χ1n) is 8.19. The van der Waals surface area contributed by atoms with Gasteiger partial charge in [0.25, 0.3) is 0 Å². The molecule has 5 nitrogen and oxygen atoms in total. The highest BCUT2D eigenvalue weighted by Gasteiger charge is 2.20. The van der Waals surface area contributed by atoms with Crippen LogP contribution in [0.1, 0.15) is 35.4 Å². The molecular weight excluding hydrogens is 300 g/mol. The van der Waals surface area contributed by atoms with Crippen LogP contribution in [0.2, 0.25) is 0 Å². The molecular formula is C19H22N4O. The number of para-hydroxylation sites is 1. The smallest absolute Gasteiger partial charge is 0.227 e. The molecule has 124 valence electrons. The van der Waals surface area contributed by atoms with Crippen LogP contribution in [0.15, 0.2) is 36.5 Å². The summed E-state index contributed by atoms with van der Waals surface area (Å²) < 4.78 is 0. The Balaban J connectivity index is 1.60. The lowest BCUT2D eigenvalue weighted by Gasteiger charge is -2.13. The summed E-state index contributed by atoms with van der Waals surface area (Å²) in [6.07, 6.45) is 2.64. The number of pyridine rings is 1. The second-order valence-corrected chi connectivity index (χ2v) is 6.15. The zero-order valence-corrected chi connectivity index (χ0v) is 14.3. The monoisotopic (exact) mass is 322 g/mol. The van der Waals surface area contributed by atoms with Gasteiger partial charge >= 0.3 is 0 Å². The molecule has 0 aliphatic rings. The Morgan fingerprint density at radius 1 is 1.29 bits per heavy atom. The minimum absolute atomic E-state index is 0.0244. The van der Waals surface area contributed by atoms with Crippen molar-refractivity contribution in [3.8, 4) is 0 Å². The first-order valence-corrected chi connectivity index (χ1v) is 8.19. The molecule has 0 saturated heterocycles. The average Bonchev–Trinajstić information content (AvgIpc) is 2.92. The molecule has 2 aromatic heterocycles. The van der Waals surface area contributed by atoms with Crippen LogP contribution in [0.4, 0.5) is 0 Å². The zero-order valence-electron chi connectivity index (χ0n) is 14.3. The summed E-state index contributed by atoms with van der Waals surface area (Å²) in [6.45, 7) is 6.38. The predicted molar refractivity (Wildman–Crippen MR) is 94.9 cm³/mol. The summed E-state index contributed by atoms with van der Waals surface area (Å²) in [7, 11) is 0. The van der Waals surface area contributed by atoms with Crippen molar-refractivity contribution < 1.29 is 4.79 Å². The van der Waals surface area contributed by atoms with E-state index in [0.717, 1.165) is 39.8 Å². The van der Waals surface area contributed by atoms with Crippen LogP contribution >= 0.6 is 0 Å². The fraction of sp³-hybridized carbons (Fsp3) is 0.316. The number of fused-ring (bicyclic) bond motifs is 1. The van der Waals surface area contributed by atoms with Gasteiger partial charge < -0.3 is 5.32 Å². The fourth-order valence-corrected chi connectivity index (χ4v) is 3.07. The van der Waals surface area contributed by atoms with Crippen LogP contribution in [0.25, 0.3) is 10.9 Å². The first kappa shape index (κ1) is 16.2. The van der Waals surface area contributed by atoms with Gasteiger partial charge in [-0.1, -0.05) is 18.2 Å². The maximum atomic E-state index is 12.4. The van der Waals surface area contributed by atoms with Gasteiger partial charge in [-0.2, -0.15) is 5.10 Å². The van der Waals surface area contributed by atoms with Crippen LogP contribution in [-0.2, 0) is 11.2 Å². The Hall–Kier alpha value is -2.69. The number of amides is 1. The second-order valence-electron chi connectivity index (χ2n) is 6.15. The molecule has 1 aromatic carbocycles. The predicted octanol–water partition coefficient (Wildman–Crippen LogP) is 3.04. The molecule has 2 heterocycles. The molecule has 5 heteroatoms. The standard InChI is InChI=1S/C19H22N4O/c1-12(18-13(2)22-23-14(18)3)19(24)20-9-8-15-10-16-6-4-5-7-17(16)21-11-15/h4-7,10-12H,8-9H2,1-3H3,(H,20,24)(H,22,23). The molecule has 3 rings (SSSR count). The van der Waals surface area contributed by atoms with Crippen LogP contribution < -0.4 is 5.32 Å². The zero-order chi connectivity index (χ0) is 17.1. The maximum absolute atomic E-state index is 12.4. The van der Waals surface area contributed by atoms with Crippen molar-refractivity contribution in [1.82, 2.24) is 20.5 Å². The molecule has 1 unspecified atom stereocenters. The lowest BCUT2D eigenvalue weighted by Crippen LogP contribution is -2.30. The number of aromatic nitrogens is 3. The average molecular weight is 322 g/mol. The number of hydrogen-bond acceptors (Lipinski definition) is 3. The highest BCUT2D eigenvalue weighted by atomic mass is 16.1. The molecule has 2 N–H and O–H groups in total. The summed E-state index contributed by atoms with van der Waals surface area (Å²) in [4.78, 5) is 16.8. The topological polar surface area (TPSA) is 70.7 Å². The number of nitrogens with zero attached hydrogens (tertiary/aromatic N) is 2. The van der Waals surface area contributed by atoms with Gasteiger partial charge in [0, 0.05) is 29.4 Å². The van der Waals surface area contributed by atoms with Crippen LogP contribution in [0.3, 0.4) is 0 Å². The molecule has 0 aliphatic heterocycles. The van der Waals surface area contributed by atoms with Gasteiger partial charge in [-0.25, -0.2) is 0 Å². The highest BCUT2D eigenvalue weighted by Crippen LogP contribution is 2.21. The van der Waals surface area contributed by atoms with Crippen molar-refractivity contribution in [3.63, 3.8) is 0 Å². The van der Waals surface area contributed by atoms with Gasteiger partial charge in [-0.3, -0.25) is 14.9 Å². The van der Waals surface area contributed by atoms with Crippen LogP contribution in [-0.4, -0.2) is 27.6 Å². The van der Waals surface area contributed by atoms with Crippen molar-refractivity contribution in [2.75, 3.05) is 6.54 Å². The number of carbonyl (C=O) groups excluding carboxylic acids is 1. The number of carbonyl (C=O) groups is 1. The fourth-order valence-electron chi connectivity index (χ4n) is 3.07. The third-order valence-corrected chi connectivity index (χ3v) is 4.37. The lowest BCUT2D eigenvalue weighted by molar-refractivity contribution is -0.122. The van der Waals surface area contributed by atoms with E-state index in [1.807, 2.05) is 45.2 Å². The van der Waals surface area contributed by atoms with E-state index in [9.17, 15) is 4.79 Å². The summed E-state index contributed by atoms with van der Waals surface area (Å²) in [5, 5.41) is 11.2. The molecule has 3 aromatic rings. The molecule has 1 atom stereocenters. The Morgan fingerprint density at radius 2 is 2.08 bits per heavy atom. The van der Waals surface area contributed by atoms with E-state index in [4.69, 9.17) is 0 Å². The van der Waals surface area contributed by atoms with E-state index in [0.29, 0.717) is 6.54 Å². The first-order chi connectivity index (χ1) is 11.6.